The second-order valence-corrected chi connectivity index (χ2v) is 14.3. The van der Waals surface area contributed by atoms with Crippen molar-refractivity contribution in [2.24, 2.45) is 15.9 Å². The fourth-order valence-corrected chi connectivity index (χ4v) is 6.55. The predicted octanol–water partition coefficient (Wildman–Crippen LogP) is -1.05. The van der Waals surface area contributed by atoms with E-state index in [4.69, 9.17) is 25.6 Å². The highest BCUT2D eigenvalue weighted by Crippen LogP contribution is 2.35. The monoisotopic (exact) mass is 724 g/mol. The largest absolute Gasteiger partial charge is 0.485 e. The summed E-state index contributed by atoms with van der Waals surface area (Å²) in [6.45, 7) is 4.42. The van der Waals surface area contributed by atoms with E-state index in [0.29, 0.717) is 36.0 Å². The number of aliphatic hydroxyl groups excluding tert-OH is 1. The number of anilines is 1. The highest BCUT2D eigenvalue weighted by molar-refractivity contribution is 7.80. The van der Waals surface area contributed by atoms with Gasteiger partial charge in [-0.15, -0.1) is 15.6 Å². The number of hydrogen-bond acceptors (Lipinski definition) is 16. The molecule has 0 aliphatic carbocycles. The molecule has 1 saturated heterocycles. The van der Waals surface area contributed by atoms with Crippen molar-refractivity contribution in [2.45, 2.75) is 75.4 Å². The summed E-state index contributed by atoms with van der Waals surface area (Å²) in [5.74, 6) is -2.37. The number of nitrogen functional groups attached to an aromatic ring is 1. The van der Waals surface area contributed by atoms with Crippen LogP contribution in [0.5, 0.6) is 5.75 Å². The van der Waals surface area contributed by atoms with E-state index in [1.54, 1.807) is 12.1 Å². The van der Waals surface area contributed by atoms with Gasteiger partial charge in [-0.2, -0.15) is 13.5 Å². The summed E-state index contributed by atoms with van der Waals surface area (Å²) in [7, 11) is -5.03. The molecule has 5 atom stereocenters. The number of aliphatic hydroxyl groups is 1. The maximum Gasteiger partial charge on any atom is 0.418 e. The van der Waals surface area contributed by atoms with Gasteiger partial charge in [-0.3, -0.25) is 19.1 Å². The third kappa shape index (κ3) is 7.45. The number of nitrogens with zero attached hydrogens (tertiary/aromatic N) is 4. The van der Waals surface area contributed by atoms with Crippen LogP contribution in [0.3, 0.4) is 0 Å². The van der Waals surface area contributed by atoms with Crippen LogP contribution in [0.1, 0.15) is 50.4 Å². The molecular formula is C28H36N8O11S2. The number of nitrogens with one attached hydrogen (secondary N) is 2. The van der Waals surface area contributed by atoms with Crippen LogP contribution in [-0.2, 0) is 40.3 Å². The van der Waals surface area contributed by atoms with E-state index in [-0.39, 0.29) is 35.9 Å². The molecule has 1 fully saturated rings. The Morgan fingerprint density at radius 1 is 1.37 bits per heavy atom. The Labute approximate surface area is 284 Å². The lowest BCUT2D eigenvalue weighted by molar-refractivity contribution is -0.218. The number of amides is 2. The van der Waals surface area contributed by atoms with Gasteiger partial charge >= 0.3 is 16.4 Å². The Morgan fingerprint density at radius 3 is 2.71 bits per heavy atom. The normalized spacial score (nSPS) is 23.6. The highest BCUT2D eigenvalue weighted by Gasteiger charge is 2.58. The molecule has 0 spiro atoms. The molecule has 49 heavy (non-hydrogen) atoms. The summed E-state index contributed by atoms with van der Waals surface area (Å²) in [6, 6.07) is 3.58. The predicted molar refractivity (Wildman–Crippen MR) is 173 cm³/mol. The maximum atomic E-state index is 13.4. The standard InChI is InChI=1S/C28H36N8O11S2/c1-27(2)21(24(39)36(27)47-49(42,43)44)34-23(38)20(17-12-48-26(30)33-17)35-46-28(3,25(40)41)19-7-5-13-8-14(4-6-18(13)45-19)22-31-10-16(32-22)9-15(29)11-37/h4,6,8,12,15-16,19,21,37H,5,7,9-11,29H2,1-3H3,(H2,30,33)(H,31,32)(H,34,38)(H,40,41)(H,42,43,44)/b35-20-/t15-,16+,19+,21+,28-/m0/s1. The Hall–Kier alpha value is -4.41. The molecule has 0 saturated carbocycles. The molecule has 2 aromatic rings. The van der Waals surface area contributed by atoms with Crippen LogP contribution in [0, 0.1) is 0 Å². The number of oxime groups is 1. The van der Waals surface area contributed by atoms with Crippen molar-refractivity contribution in [3.63, 3.8) is 0 Å². The zero-order valence-corrected chi connectivity index (χ0v) is 28.2. The van der Waals surface area contributed by atoms with Crippen molar-refractivity contribution in [1.82, 2.24) is 20.7 Å². The molecule has 0 unspecified atom stereocenters. The number of ether oxygens (including phenoxy) is 1. The average Bonchev–Trinajstić information content (AvgIpc) is 3.70. The number of carbonyl (C=O) groups is 3. The number of rotatable bonds is 13. The molecule has 0 radical (unpaired) electrons. The number of carbonyl (C=O) groups excluding carboxylic acids is 2. The Morgan fingerprint density at radius 2 is 2.10 bits per heavy atom. The number of carboxylic acids is 1. The minimum Gasteiger partial charge on any atom is -0.485 e. The fourth-order valence-electron chi connectivity index (χ4n) is 5.54. The molecule has 21 heteroatoms. The van der Waals surface area contributed by atoms with Crippen LogP contribution in [0.15, 0.2) is 33.7 Å². The van der Waals surface area contributed by atoms with Gasteiger partial charge in [0.2, 0.25) is 0 Å². The lowest BCUT2D eigenvalue weighted by atomic mass is 9.84. The zero-order valence-electron chi connectivity index (χ0n) is 26.5. The van der Waals surface area contributed by atoms with Gasteiger partial charge in [0.05, 0.1) is 18.2 Å². The number of aliphatic carboxylic acids is 1. The topological polar surface area (TPSA) is 291 Å². The molecule has 5 rings (SSSR count). The van der Waals surface area contributed by atoms with Crippen LogP contribution >= 0.6 is 11.3 Å². The summed E-state index contributed by atoms with van der Waals surface area (Å²) < 4.78 is 41.7. The number of thiazole rings is 1. The number of carboxylic acid groups (broad SMARTS) is 1. The van der Waals surface area contributed by atoms with Gasteiger partial charge in [-0.05, 0) is 63.8 Å². The molecule has 266 valence electrons. The summed E-state index contributed by atoms with van der Waals surface area (Å²) in [5.41, 5.74) is 9.05. The summed E-state index contributed by atoms with van der Waals surface area (Å²) >= 11 is 0.961. The molecule has 19 nitrogen and oxygen atoms in total. The van der Waals surface area contributed by atoms with Crippen molar-refractivity contribution in [3.05, 3.63) is 40.4 Å². The van der Waals surface area contributed by atoms with Crippen LogP contribution in [0.25, 0.3) is 0 Å². The Balaban J connectivity index is 1.34. The van der Waals surface area contributed by atoms with Crippen LogP contribution in [0.2, 0.25) is 0 Å². The van der Waals surface area contributed by atoms with Crippen LogP contribution in [0.4, 0.5) is 5.13 Å². The Bertz CT molecular complexity index is 1810. The first-order valence-electron chi connectivity index (χ1n) is 14.9. The van der Waals surface area contributed by atoms with E-state index in [9.17, 15) is 33.0 Å². The first kappa shape index (κ1) is 35.9. The van der Waals surface area contributed by atoms with Gasteiger partial charge in [0.15, 0.2) is 16.9 Å². The van der Waals surface area contributed by atoms with E-state index in [1.807, 2.05) is 6.07 Å². The highest BCUT2D eigenvalue weighted by atomic mass is 32.3. The number of benzene rings is 1. The van der Waals surface area contributed by atoms with Crippen molar-refractivity contribution in [1.29, 1.82) is 0 Å². The number of nitrogens with two attached hydrogens (primary N) is 2. The van der Waals surface area contributed by atoms with Crippen LogP contribution < -0.4 is 26.8 Å². The molecule has 9 N–H and O–H groups in total. The number of hydrogen-bond donors (Lipinski definition) is 7. The number of amidine groups is 1. The minimum atomic E-state index is -5.03. The second kappa shape index (κ2) is 13.5. The van der Waals surface area contributed by atoms with E-state index in [0.717, 1.165) is 22.5 Å². The SMILES string of the molecule is CC1(C)[C@H](NC(=O)/C(=N\O[C@](C)(C(=O)O)[C@H]2CCc3cc(C4=N[C@H](C[C@H](N)CO)CN4)ccc3O2)c2csc(N)n2)C(=O)N1OS(=O)(=O)O. The smallest absolute Gasteiger partial charge is 0.418 e. The van der Waals surface area contributed by atoms with Gasteiger partial charge in [-0.25, -0.2) is 9.78 Å². The molecule has 1 aromatic carbocycles. The molecule has 2 amide bonds. The number of aryl methyl sites for hydroxylation is 1. The molecule has 3 aliphatic rings. The third-order valence-corrected chi connectivity index (χ3v) is 9.38. The van der Waals surface area contributed by atoms with Gasteiger partial charge in [0, 0.05) is 23.5 Å². The minimum absolute atomic E-state index is 0.0545. The molecule has 1 aromatic heterocycles. The lowest BCUT2D eigenvalue weighted by Gasteiger charge is -2.50. The van der Waals surface area contributed by atoms with Crippen molar-refractivity contribution in [3.8, 4) is 5.75 Å². The second-order valence-electron chi connectivity index (χ2n) is 12.4. The molecule has 0 bridgehead atoms. The van der Waals surface area contributed by atoms with E-state index < -0.39 is 57.2 Å². The lowest BCUT2D eigenvalue weighted by Crippen LogP contribution is -2.76. The van der Waals surface area contributed by atoms with Gasteiger partial charge < -0.3 is 41.9 Å². The summed E-state index contributed by atoms with van der Waals surface area (Å²) in [5, 5.41) is 30.9. The van der Waals surface area contributed by atoms with Crippen molar-refractivity contribution < 1.29 is 51.4 Å². The number of hydroxylamine groups is 2. The average molecular weight is 725 g/mol. The van der Waals surface area contributed by atoms with Crippen LogP contribution in [-0.4, -0.2) is 111 Å². The van der Waals surface area contributed by atoms with E-state index in [2.05, 4.69) is 30.0 Å². The van der Waals surface area contributed by atoms with Gasteiger partial charge in [-0.1, -0.05) is 5.16 Å². The first-order valence-corrected chi connectivity index (χ1v) is 17.2. The van der Waals surface area contributed by atoms with Crippen molar-refractivity contribution >= 4 is 56.2 Å². The summed E-state index contributed by atoms with van der Waals surface area (Å²) in [4.78, 5) is 53.0. The quantitative estimate of drug-likeness (QED) is 0.0561. The number of aromatic nitrogens is 1. The molecule has 4 heterocycles. The Kier molecular flexibility index (Phi) is 9.87. The maximum absolute atomic E-state index is 13.4. The van der Waals surface area contributed by atoms with E-state index in [1.165, 1.54) is 26.2 Å². The van der Waals surface area contributed by atoms with E-state index >= 15 is 0 Å². The number of aliphatic imine (C=N–C) groups is 1. The van der Waals surface area contributed by atoms with Gasteiger partial charge in [0.25, 0.3) is 17.4 Å². The molecule has 3 aliphatic heterocycles. The molecular weight excluding hydrogens is 688 g/mol. The van der Waals surface area contributed by atoms with Gasteiger partial charge in [0.1, 0.15) is 23.3 Å². The van der Waals surface area contributed by atoms with Crippen molar-refractivity contribution in [2.75, 3.05) is 18.9 Å². The fraction of sp³-hybridized carbons (Fsp3) is 0.500. The summed E-state index contributed by atoms with van der Waals surface area (Å²) in [6.07, 6.45) is 0.0654. The number of β-lactam (4-membered cyclic amide) rings is 1. The number of fused-ring (bicyclic) bond motifs is 1. The first-order chi connectivity index (χ1) is 22.9. The third-order valence-electron chi connectivity index (χ3n) is 8.37. The zero-order chi connectivity index (χ0) is 35.9.